The van der Waals surface area contributed by atoms with Crippen molar-refractivity contribution in [2.45, 2.75) is 65.5 Å². The topological polar surface area (TPSA) is 70.2 Å². The van der Waals surface area contributed by atoms with E-state index in [9.17, 15) is 9.59 Å². The van der Waals surface area contributed by atoms with Crippen LogP contribution in [-0.2, 0) is 9.59 Å². The molecule has 0 aliphatic heterocycles. The molecule has 0 fully saturated rings. The van der Waals surface area contributed by atoms with Gasteiger partial charge in [0.1, 0.15) is 0 Å². The first-order valence-corrected chi connectivity index (χ1v) is 7.31. The van der Waals surface area contributed by atoms with Gasteiger partial charge in [-0.15, -0.1) is 0 Å². The van der Waals surface area contributed by atoms with Crippen molar-refractivity contribution in [3.8, 4) is 0 Å². The van der Waals surface area contributed by atoms with Gasteiger partial charge in [-0.1, -0.05) is 20.3 Å². The first kappa shape index (κ1) is 17.9. The second kappa shape index (κ2) is 10.8. The van der Waals surface area contributed by atoms with Crippen LogP contribution in [0, 0.1) is 0 Å². The van der Waals surface area contributed by atoms with E-state index >= 15 is 0 Å². The first-order valence-electron chi connectivity index (χ1n) is 7.31. The minimum Gasteiger partial charge on any atom is -0.355 e. The van der Waals surface area contributed by atoms with Crippen molar-refractivity contribution in [3.05, 3.63) is 0 Å². The lowest BCUT2D eigenvalue weighted by Crippen LogP contribution is -2.44. The summed E-state index contributed by atoms with van der Waals surface area (Å²) in [6, 6.07) is -0.0458. The number of hydrogen-bond acceptors (Lipinski definition) is 3. The maximum atomic E-state index is 11.6. The summed E-state index contributed by atoms with van der Waals surface area (Å²) in [6.07, 6.45) is 3.39. The Kier molecular flexibility index (Phi) is 10.2. The van der Waals surface area contributed by atoms with Gasteiger partial charge in [0.2, 0.25) is 11.8 Å². The predicted molar refractivity (Wildman–Crippen MR) is 77.9 cm³/mol. The maximum Gasteiger partial charge on any atom is 0.236 e. The molecule has 0 aliphatic carbocycles. The van der Waals surface area contributed by atoms with E-state index in [2.05, 4.69) is 22.9 Å². The van der Waals surface area contributed by atoms with Crippen LogP contribution in [0.25, 0.3) is 0 Å². The van der Waals surface area contributed by atoms with Gasteiger partial charge < -0.3 is 16.0 Å². The molecule has 2 unspecified atom stereocenters. The van der Waals surface area contributed by atoms with Gasteiger partial charge in [0, 0.05) is 25.6 Å². The van der Waals surface area contributed by atoms with Crippen molar-refractivity contribution in [2.75, 3.05) is 13.1 Å². The molecule has 0 heterocycles. The van der Waals surface area contributed by atoms with E-state index in [4.69, 9.17) is 0 Å². The summed E-state index contributed by atoms with van der Waals surface area (Å²) >= 11 is 0. The van der Waals surface area contributed by atoms with Crippen LogP contribution in [0.5, 0.6) is 0 Å². The molecule has 0 bridgehead atoms. The summed E-state index contributed by atoms with van der Waals surface area (Å²) in [6.45, 7) is 9.15. The number of carbonyl (C=O) groups is 2. The fourth-order valence-electron chi connectivity index (χ4n) is 1.49. The van der Waals surface area contributed by atoms with Gasteiger partial charge in [0.15, 0.2) is 0 Å². The molecule has 0 aromatic carbocycles. The van der Waals surface area contributed by atoms with Crippen LogP contribution in [-0.4, -0.2) is 37.0 Å². The van der Waals surface area contributed by atoms with E-state index in [0.29, 0.717) is 13.0 Å². The van der Waals surface area contributed by atoms with Crippen LogP contribution in [0.3, 0.4) is 0 Å². The Morgan fingerprint density at radius 3 is 2.37 bits per heavy atom. The molecule has 0 aliphatic rings. The number of rotatable bonds is 10. The molecule has 3 N–H and O–H groups in total. The molecular formula is C14H29N3O2. The van der Waals surface area contributed by atoms with Crippen LogP contribution in [0.1, 0.15) is 53.4 Å². The van der Waals surface area contributed by atoms with Crippen LogP contribution in [0.15, 0.2) is 0 Å². The monoisotopic (exact) mass is 271 g/mol. The Labute approximate surface area is 116 Å². The average Bonchev–Trinajstić information content (AvgIpc) is 2.38. The maximum absolute atomic E-state index is 11.6. The SMILES string of the molecule is CCCCNC(=O)C(C)NCCC(=O)NC(C)CC. The zero-order chi connectivity index (χ0) is 14.7. The highest BCUT2D eigenvalue weighted by Crippen LogP contribution is 1.90. The molecule has 0 saturated heterocycles. The second-order valence-corrected chi connectivity index (χ2v) is 4.95. The zero-order valence-electron chi connectivity index (χ0n) is 12.7. The fraction of sp³-hybridized carbons (Fsp3) is 0.857. The van der Waals surface area contributed by atoms with Crippen LogP contribution in [0.4, 0.5) is 0 Å². The first-order chi connectivity index (χ1) is 9.01. The highest BCUT2D eigenvalue weighted by atomic mass is 16.2. The van der Waals surface area contributed by atoms with Gasteiger partial charge in [-0.05, 0) is 26.7 Å². The third-order valence-corrected chi connectivity index (χ3v) is 3.05. The molecule has 0 aromatic rings. The molecular weight excluding hydrogens is 242 g/mol. The summed E-state index contributed by atoms with van der Waals surface area (Å²) in [5.74, 6) is 0.0243. The minimum atomic E-state index is -0.256. The van der Waals surface area contributed by atoms with E-state index in [-0.39, 0.29) is 23.9 Å². The Morgan fingerprint density at radius 1 is 1.11 bits per heavy atom. The van der Waals surface area contributed by atoms with Crippen LogP contribution >= 0.6 is 0 Å². The molecule has 0 spiro atoms. The van der Waals surface area contributed by atoms with Gasteiger partial charge in [-0.3, -0.25) is 9.59 Å². The van der Waals surface area contributed by atoms with Crippen LogP contribution < -0.4 is 16.0 Å². The third-order valence-electron chi connectivity index (χ3n) is 3.05. The average molecular weight is 271 g/mol. The second-order valence-electron chi connectivity index (χ2n) is 4.95. The quantitative estimate of drug-likeness (QED) is 0.523. The van der Waals surface area contributed by atoms with E-state index in [1.54, 1.807) is 0 Å². The van der Waals surface area contributed by atoms with Gasteiger partial charge >= 0.3 is 0 Å². The molecule has 0 saturated carbocycles. The summed E-state index contributed by atoms with van der Waals surface area (Å²) in [4.78, 5) is 23.2. The van der Waals surface area contributed by atoms with Crippen molar-refractivity contribution >= 4 is 11.8 Å². The molecule has 0 rings (SSSR count). The highest BCUT2D eigenvalue weighted by Gasteiger charge is 2.12. The van der Waals surface area contributed by atoms with Gasteiger partial charge in [-0.25, -0.2) is 0 Å². The van der Waals surface area contributed by atoms with Crippen molar-refractivity contribution in [1.29, 1.82) is 0 Å². The molecule has 2 amide bonds. The number of nitrogens with one attached hydrogen (secondary N) is 3. The highest BCUT2D eigenvalue weighted by molar-refractivity contribution is 5.81. The van der Waals surface area contributed by atoms with Crippen molar-refractivity contribution in [2.24, 2.45) is 0 Å². The van der Waals surface area contributed by atoms with E-state index < -0.39 is 0 Å². The normalized spacial score (nSPS) is 13.7. The smallest absolute Gasteiger partial charge is 0.236 e. The van der Waals surface area contributed by atoms with E-state index in [0.717, 1.165) is 25.8 Å². The van der Waals surface area contributed by atoms with Gasteiger partial charge in [-0.2, -0.15) is 0 Å². The Balaban J connectivity index is 3.69. The van der Waals surface area contributed by atoms with E-state index in [1.165, 1.54) is 0 Å². The standard InChI is InChI=1S/C14H29N3O2/c1-5-7-9-16-14(19)12(4)15-10-8-13(18)17-11(3)6-2/h11-12,15H,5-10H2,1-4H3,(H,16,19)(H,17,18). The fourth-order valence-corrected chi connectivity index (χ4v) is 1.49. The van der Waals surface area contributed by atoms with Crippen LogP contribution in [0.2, 0.25) is 0 Å². The summed E-state index contributed by atoms with van der Waals surface area (Å²) in [5.41, 5.74) is 0. The van der Waals surface area contributed by atoms with Crippen molar-refractivity contribution < 1.29 is 9.59 Å². The lowest BCUT2D eigenvalue weighted by molar-refractivity contribution is -0.124. The lowest BCUT2D eigenvalue weighted by Gasteiger charge is -2.15. The van der Waals surface area contributed by atoms with Crippen molar-refractivity contribution in [3.63, 3.8) is 0 Å². The Bertz CT molecular complexity index is 269. The molecule has 112 valence electrons. The van der Waals surface area contributed by atoms with Crippen molar-refractivity contribution in [1.82, 2.24) is 16.0 Å². The molecule has 0 radical (unpaired) electrons. The zero-order valence-corrected chi connectivity index (χ0v) is 12.7. The number of unbranched alkanes of at least 4 members (excludes halogenated alkanes) is 1. The molecule has 19 heavy (non-hydrogen) atoms. The number of amides is 2. The number of carbonyl (C=O) groups excluding carboxylic acids is 2. The summed E-state index contributed by atoms with van der Waals surface area (Å²) in [5, 5.41) is 8.81. The Hall–Kier alpha value is -1.10. The number of hydrogen-bond donors (Lipinski definition) is 3. The molecule has 5 heteroatoms. The summed E-state index contributed by atoms with van der Waals surface area (Å²) in [7, 11) is 0. The lowest BCUT2D eigenvalue weighted by atomic mass is 10.2. The van der Waals surface area contributed by atoms with Gasteiger partial charge in [0.25, 0.3) is 0 Å². The third kappa shape index (κ3) is 9.47. The van der Waals surface area contributed by atoms with E-state index in [1.807, 2.05) is 20.8 Å². The molecule has 5 nitrogen and oxygen atoms in total. The largest absolute Gasteiger partial charge is 0.355 e. The molecule has 2 atom stereocenters. The Morgan fingerprint density at radius 2 is 1.79 bits per heavy atom. The molecule has 0 aromatic heterocycles. The predicted octanol–water partition coefficient (Wildman–Crippen LogP) is 1.19. The summed E-state index contributed by atoms with van der Waals surface area (Å²) < 4.78 is 0. The minimum absolute atomic E-state index is 0.00390. The van der Waals surface area contributed by atoms with Gasteiger partial charge in [0.05, 0.1) is 6.04 Å².